The van der Waals surface area contributed by atoms with E-state index in [0.717, 1.165) is 46.1 Å². The number of halogens is 1. The largest absolute Gasteiger partial charge is 0.507 e. The molecule has 0 saturated carbocycles. The highest BCUT2D eigenvalue weighted by atomic mass is 35.5. The number of phenolic OH excluding ortho intramolecular Hbond substituents is 1. The molecule has 0 spiro atoms. The second kappa shape index (κ2) is 9.27. The van der Waals surface area contributed by atoms with Crippen LogP contribution in [0.3, 0.4) is 0 Å². The highest BCUT2D eigenvalue weighted by Crippen LogP contribution is 2.46. The molecule has 1 amide bonds. The number of alkyl halides is 1. The number of H-pyrrole nitrogens is 1. The van der Waals surface area contributed by atoms with Crippen molar-refractivity contribution >= 4 is 50.6 Å². The summed E-state index contributed by atoms with van der Waals surface area (Å²) in [5.74, 6) is 0.958. The van der Waals surface area contributed by atoms with Crippen molar-refractivity contribution in [1.82, 2.24) is 4.98 Å². The Hall–Kier alpha value is -3.51. The molecule has 7 heteroatoms. The number of rotatable bonds is 6. The Kier molecular flexibility index (Phi) is 6.15. The number of methoxy groups -OCH3 is 1. The first-order valence-electron chi connectivity index (χ1n) is 11.8. The van der Waals surface area contributed by atoms with Crippen LogP contribution in [-0.4, -0.2) is 47.8 Å². The van der Waals surface area contributed by atoms with Crippen molar-refractivity contribution < 1.29 is 14.6 Å². The van der Waals surface area contributed by atoms with E-state index in [-0.39, 0.29) is 17.6 Å². The predicted molar refractivity (Wildman–Crippen MR) is 143 cm³/mol. The van der Waals surface area contributed by atoms with Crippen LogP contribution in [-0.2, 0) is 0 Å². The first kappa shape index (κ1) is 23.2. The first-order chi connectivity index (χ1) is 16.9. The van der Waals surface area contributed by atoms with Gasteiger partial charge in [-0.25, -0.2) is 0 Å². The quantitative estimate of drug-likeness (QED) is 0.248. The Morgan fingerprint density at radius 3 is 2.77 bits per heavy atom. The Balaban J connectivity index is 1.56. The summed E-state index contributed by atoms with van der Waals surface area (Å²) in [4.78, 5) is 23.3. The Morgan fingerprint density at radius 1 is 1.20 bits per heavy atom. The number of aliphatic imine (C=N–C) groups is 1. The summed E-state index contributed by atoms with van der Waals surface area (Å²) in [5.41, 5.74) is 5.05. The van der Waals surface area contributed by atoms with Gasteiger partial charge >= 0.3 is 0 Å². The summed E-state index contributed by atoms with van der Waals surface area (Å²) < 4.78 is 5.41. The maximum absolute atomic E-state index is 13.7. The van der Waals surface area contributed by atoms with Crippen LogP contribution < -0.4 is 9.64 Å². The number of nitrogens with one attached hydrogen (secondary N) is 1. The molecule has 4 aromatic rings. The molecule has 35 heavy (non-hydrogen) atoms. The van der Waals surface area contributed by atoms with E-state index in [1.54, 1.807) is 18.1 Å². The fourth-order valence-corrected chi connectivity index (χ4v) is 5.14. The minimum atomic E-state index is -0.158. The van der Waals surface area contributed by atoms with Crippen LogP contribution in [0.15, 0.2) is 53.5 Å². The van der Waals surface area contributed by atoms with Gasteiger partial charge in [-0.2, -0.15) is 0 Å². The van der Waals surface area contributed by atoms with Crippen LogP contribution in [0.2, 0.25) is 0 Å². The van der Waals surface area contributed by atoms with Crippen molar-refractivity contribution in [2.75, 3.05) is 31.0 Å². The standard InChI is InChI=1S/C28H28ClN3O3/c1-4-9-30-16(2)17-5-8-23-18(10-17)11-24(31-23)28(34)32-15-19(14-29)27-22-12-20(35-3)6-7-21(22)26(33)13-25(27)32/h5-8,10-13,19,31,33H,4,9,14-15H2,1-3H3/t19-/m1/s1. The maximum Gasteiger partial charge on any atom is 0.274 e. The molecule has 5 rings (SSSR count). The number of amides is 1. The van der Waals surface area contributed by atoms with E-state index in [0.29, 0.717) is 34.9 Å². The number of benzene rings is 3. The van der Waals surface area contributed by atoms with Gasteiger partial charge in [-0.1, -0.05) is 13.0 Å². The van der Waals surface area contributed by atoms with Crippen molar-refractivity contribution in [1.29, 1.82) is 0 Å². The van der Waals surface area contributed by atoms with Gasteiger partial charge in [0, 0.05) is 53.0 Å². The van der Waals surface area contributed by atoms with Gasteiger partial charge in [0.25, 0.3) is 5.91 Å². The van der Waals surface area contributed by atoms with E-state index in [1.807, 2.05) is 43.3 Å². The third-order valence-electron chi connectivity index (χ3n) is 6.72. The Labute approximate surface area is 209 Å². The monoisotopic (exact) mass is 489 g/mol. The summed E-state index contributed by atoms with van der Waals surface area (Å²) in [6, 6.07) is 15.2. The molecule has 1 atom stereocenters. The van der Waals surface area contributed by atoms with Gasteiger partial charge in [-0.15, -0.1) is 11.6 Å². The molecule has 0 unspecified atom stereocenters. The number of aromatic hydroxyl groups is 1. The molecule has 6 nitrogen and oxygen atoms in total. The number of ether oxygens (including phenoxy) is 1. The van der Waals surface area contributed by atoms with Crippen molar-refractivity contribution in [2.45, 2.75) is 26.2 Å². The van der Waals surface area contributed by atoms with Crippen LogP contribution in [0.4, 0.5) is 5.69 Å². The van der Waals surface area contributed by atoms with Gasteiger partial charge in [0.1, 0.15) is 17.2 Å². The number of aromatic amines is 1. The lowest BCUT2D eigenvalue weighted by molar-refractivity contribution is 0.0984. The summed E-state index contributed by atoms with van der Waals surface area (Å²) in [5, 5.41) is 13.3. The number of hydrogen-bond acceptors (Lipinski definition) is 4. The molecular weight excluding hydrogens is 462 g/mol. The number of fused-ring (bicyclic) bond motifs is 4. The number of hydrogen-bond donors (Lipinski definition) is 2. The summed E-state index contributed by atoms with van der Waals surface area (Å²) >= 11 is 6.36. The number of carbonyl (C=O) groups excluding carboxylic acids is 1. The molecule has 1 aliphatic heterocycles. The zero-order valence-corrected chi connectivity index (χ0v) is 20.8. The molecule has 2 N–H and O–H groups in total. The highest BCUT2D eigenvalue weighted by Gasteiger charge is 2.35. The Morgan fingerprint density at radius 2 is 2.03 bits per heavy atom. The number of carbonyl (C=O) groups is 1. The van der Waals surface area contributed by atoms with Gasteiger partial charge in [0.15, 0.2) is 0 Å². The van der Waals surface area contributed by atoms with Gasteiger partial charge in [-0.3, -0.25) is 9.79 Å². The lowest BCUT2D eigenvalue weighted by Gasteiger charge is -2.17. The normalized spacial score (nSPS) is 15.7. The summed E-state index contributed by atoms with van der Waals surface area (Å²) in [7, 11) is 1.61. The fourth-order valence-electron chi connectivity index (χ4n) is 4.89. The van der Waals surface area contributed by atoms with Gasteiger partial charge < -0.3 is 19.7 Å². The molecular formula is C28H28ClN3O3. The highest BCUT2D eigenvalue weighted by molar-refractivity contribution is 6.19. The smallest absolute Gasteiger partial charge is 0.274 e. The minimum absolute atomic E-state index is 0.0563. The minimum Gasteiger partial charge on any atom is -0.507 e. The van der Waals surface area contributed by atoms with E-state index in [2.05, 4.69) is 23.0 Å². The van der Waals surface area contributed by atoms with E-state index in [4.69, 9.17) is 16.3 Å². The van der Waals surface area contributed by atoms with E-state index in [1.165, 1.54) is 0 Å². The van der Waals surface area contributed by atoms with Crippen molar-refractivity contribution in [3.63, 3.8) is 0 Å². The molecule has 180 valence electrons. The lowest BCUT2D eigenvalue weighted by atomic mass is 9.95. The third-order valence-corrected chi connectivity index (χ3v) is 7.09. The second-order valence-corrected chi connectivity index (χ2v) is 9.27. The van der Waals surface area contributed by atoms with Crippen molar-refractivity contribution in [2.24, 2.45) is 4.99 Å². The van der Waals surface area contributed by atoms with Gasteiger partial charge in [0.2, 0.25) is 0 Å². The summed E-state index contributed by atoms with van der Waals surface area (Å²) in [6.07, 6.45) is 1.00. The van der Waals surface area contributed by atoms with E-state index in [9.17, 15) is 9.90 Å². The van der Waals surface area contributed by atoms with Crippen LogP contribution in [0.25, 0.3) is 21.7 Å². The fraction of sp³-hybridized carbons (Fsp3) is 0.286. The molecule has 0 aliphatic carbocycles. The van der Waals surface area contributed by atoms with Crippen molar-refractivity contribution in [3.8, 4) is 11.5 Å². The van der Waals surface area contributed by atoms with Crippen molar-refractivity contribution in [3.05, 3.63) is 65.4 Å². The zero-order valence-electron chi connectivity index (χ0n) is 20.1. The average Bonchev–Trinajstić information content (AvgIpc) is 3.47. The zero-order chi connectivity index (χ0) is 24.7. The van der Waals surface area contributed by atoms with Gasteiger partial charge in [-0.05, 0) is 66.3 Å². The number of aromatic nitrogens is 1. The molecule has 0 saturated heterocycles. The van der Waals surface area contributed by atoms with Crippen LogP contribution in [0.1, 0.15) is 47.8 Å². The SMILES string of the molecule is CCCN=C(C)c1ccc2[nH]c(C(=O)N3C[C@@H](CCl)c4c3cc(O)c3ccc(OC)cc43)cc2c1. The molecule has 0 radical (unpaired) electrons. The molecule has 1 aromatic heterocycles. The predicted octanol–water partition coefficient (Wildman–Crippen LogP) is 6.24. The number of anilines is 1. The topological polar surface area (TPSA) is 77.9 Å². The molecule has 3 aromatic carbocycles. The molecule has 1 aliphatic rings. The van der Waals surface area contributed by atoms with Crippen LogP contribution >= 0.6 is 11.6 Å². The molecule has 0 fully saturated rings. The molecule has 0 bridgehead atoms. The number of nitrogens with zero attached hydrogens (tertiary/aromatic N) is 2. The number of phenols is 1. The summed E-state index contributed by atoms with van der Waals surface area (Å²) in [6.45, 7) is 5.35. The van der Waals surface area contributed by atoms with Crippen LogP contribution in [0.5, 0.6) is 11.5 Å². The second-order valence-electron chi connectivity index (χ2n) is 8.96. The first-order valence-corrected chi connectivity index (χ1v) is 12.3. The van der Waals surface area contributed by atoms with Crippen LogP contribution in [0, 0.1) is 0 Å². The van der Waals surface area contributed by atoms with E-state index < -0.39 is 0 Å². The third kappa shape index (κ3) is 4.02. The lowest BCUT2D eigenvalue weighted by Crippen LogP contribution is -2.30. The maximum atomic E-state index is 13.7. The molecule has 2 heterocycles. The Bertz CT molecular complexity index is 1470. The average molecular weight is 490 g/mol. The van der Waals surface area contributed by atoms with Gasteiger partial charge in [0.05, 0.1) is 12.8 Å². The van der Waals surface area contributed by atoms with E-state index >= 15 is 0 Å².